The van der Waals surface area contributed by atoms with Crippen molar-refractivity contribution in [3.05, 3.63) is 71.4 Å². The molecule has 4 rings (SSSR count). The van der Waals surface area contributed by atoms with Crippen molar-refractivity contribution in [1.29, 1.82) is 0 Å². The number of hydrogen-bond acceptors (Lipinski definition) is 3. The van der Waals surface area contributed by atoms with Crippen molar-refractivity contribution in [3.8, 4) is 0 Å². The number of aryl methyl sites for hydroxylation is 2. The zero-order valence-corrected chi connectivity index (χ0v) is 19.9. The predicted molar refractivity (Wildman–Crippen MR) is 131 cm³/mol. The van der Waals surface area contributed by atoms with Crippen molar-refractivity contribution in [1.82, 2.24) is 9.47 Å². The lowest BCUT2D eigenvalue weighted by Crippen LogP contribution is -2.41. The number of nitrogens with zero attached hydrogens (tertiary/aromatic N) is 2. The first kappa shape index (κ1) is 23.1. The topological polar surface area (TPSA) is 51.5 Å². The van der Waals surface area contributed by atoms with Crippen LogP contribution in [0.3, 0.4) is 0 Å². The molecule has 2 heterocycles. The van der Waals surface area contributed by atoms with Crippen molar-refractivity contribution < 1.29 is 14.3 Å². The Balaban J connectivity index is 1.59. The summed E-state index contributed by atoms with van der Waals surface area (Å²) >= 11 is 0. The molecule has 0 saturated carbocycles. The number of hydrogen-bond donors (Lipinski definition) is 0. The number of ether oxygens (including phenoxy) is 1. The van der Waals surface area contributed by atoms with E-state index < -0.39 is 0 Å². The number of aromatic nitrogens is 1. The number of carbonyl (C=O) groups excluding carboxylic acids is 2. The molecule has 0 radical (unpaired) electrons. The highest BCUT2D eigenvalue weighted by atomic mass is 16.5. The molecule has 1 aromatic heterocycles. The number of benzene rings is 2. The van der Waals surface area contributed by atoms with Gasteiger partial charge in [-0.2, -0.15) is 0 Å². The number of piperidine rings is 1. The largest absolute Gasteiger partial charge is 0.466 e. The van der Waals surface area contributed by atoms with Crippen LogP contribution in [-0.2, 0) is 20.9 Å². The Morgan fingerprint density at radius 1 is 1.03 bits per heavy atom. The highest BCUT2D eigenvalue weighted by Crippen LogP contribution is 2.36. The summed E-state index contributed by atoms with van der Waals surface area (Å²) in [5.41, 5.74) is 4.77. The normalized spacial score (nSPS) is 15.5. The highest BCUT2D eigenvalue weighted by molar-refractivity contribution is 5.87. The van der Waals surface area contributed by atoms with Gasteiger partial charge >= 0.3 is 5.97 Å². The van der Waals surface area contributed by atoms with Crippen LogP contribution in [0.5, 0.6) is 0 Å². The third-order valence-electron chi connectivity index (χ3n) is 6.86. The van der Waals surface area contributed by atoms with Gasteiger partial charge in [-0.3, -0.25) is 9.59 Å². The average Bonchev–Trinajstić information content (AvgIpc) is 3.22. The van der Waals surface area contributed by atoms with Gasteiger partial charge in [0, 0.05) is 49.1 Å². The van der Waals surface area contributed by atoms with E-state index in [1.165, 1.54) is 22.0 Å². The van der Waals surface area contributed by atoms with E-state index in [9.17, 15) is 9.59 Å². The summed E-state index contributed by atoms with van der Waals surface area (Å²) < 4.78 is 7.44. The van der Waals surface area contributed by atoms with Crippen molar-refractivity contribution in [2.45, 2.75) is 52.5 Å². The molecule has 1 fully saturated rings. The third kappa shape index (κ3) is 4.97. The van der Waals surface area contributed by atoms with E-state index in [0.29, 0.717) is 39.0 Å². The summed E-state index contributed by atoms with van der Waals surface area (Å²) in [6.07, 6.45) is 3.99. The molecule has 5 nitrogen and oxygen atoms in total. The number of amides is 1. The molecule has 0 aliphatic carbocycles. The van der Waals surface area contributed by atoms with E-state index >= 15 is 0 Å². The SMILES string of the molecule is CCOC(=O)C1CCN(C(=O)C[C@H](c2ccc(C)cc2)c2cn(CC)c3ccccc23)CC1. The smallest absolute Gasteiger partial charge is 0.309 e. The van der Waals surface area contributed by atoms with Crippen LogP contribution in [0, 0.1) is 12.8 Å². The van der Waals surface area contributed by atoms with Crippen LogP contribution in [0.4, 0.5) is 0 Å². The van der Waals surface area contributed by atoms with Crippen LogP contribution in [-0.4, -0.2) is 41.0 Å². The predicted octanol–water partition coefficient (Wildman–Crippen LogP) is 5.29. The summed E-state index contributed by atoms with van der Waals surface area (Å²) in [5.74, 6) is -0.0891. The van der Waals surface area contributed by atoms with Gasteiger partial charge < -0.3 is 14.2 Å². The number of carbonyl (C=O) groups is 2. The van der Waals surface area contributed by atoms with Crippen molar-refractivity contribution in [2.75, 3.05) is 19.7 Å². The molecule has 1 amide bonds. The van der Waals surface area contributed by atoms with Crippen molar-refractivity contribution in [3.63, 3.8) is 0 Å². The molecule has 1 aliphatic heterocycles. The second-order valence-electron chi connectivity index (χ2n) is 8.96. The van der Waals surface area contributed by atoms with Crippen LogP contribution in [0.25, 0.3) is 10.9 Å². The standard InChI is InChI=1S/C28H34N2O3/c1-4-29-19-25(23-8-6-7-9-26(23)29)24(21-12-10-20(3)11-13-21)18-27(31)30-16-14-22(15-17-30)28(32)33-5-2/h6-13,19,22,24H,4-5,14-18H2,1-3H3/t24-/m1/s1. The van der Waals surface area contributed by atoms with Gasteiger partial charge in [0.2, 0.25) is 5.91 Å². The molecule has 2 aromatic carbocycles. The Bertz CT molecular complexity index is 1110. The fourth-order valence-corrected chi connectivity index (χ4v) is 4.95. The Morgan fingerprint density at radius 2 is 1.73 bits per heavy atom. The average molecular weight is 447 g/mol. The van der Waals surface area contributed by atoms with Gasteiger partial charge in [0.15, 0.2) is 0 Å². The Kier molecular flexibility index (Phi) is 7.17. The molecule has 0 N–H and O–H groups in total. The zero-order valence-electron chi connectivity index (χ0n) is 19.9. The van der Waals surface area contributed by atoms with Crippen molar-refractivity contribution >= 4 is 22.8 Å². The second-order valence-corrected chi connectivity index (χ2v) is 8.96. The van der Waals surface area contributed by atoms with E-state index in [1.54, 1.807) is 0 Å². The highest BCUT2D eigenvalue weighted by Gasteiger charge is 2.30. The lowest BCUT2D eigenvalue weighted by molar-refractivity contribution is -0.151. The number of rotatable bonds is 7. The van der Waals surface area contributed by atoms with Gasteiger partial charge in [0.25, 0.3) is 0 Å². The van der Waals surface area contributed by atoms with Gasteiger partial charge in [-0.15, -0.1) is 0 Å². The van der Waals surface area contributed by atoms with Crippen LogP contribution in [0.2, 0.25) is 0 Å². The van der Waals surface area contributed by atoms with Crippen molar-refractivity contribution in [2.24, 2.45) is 5.92 Å². The van der Waals surface area contributed by atoms with E-state index in [4.69, 9.17) is 4.74 Å². The van der Waals surface area contributed by atoms with E-state index in [1.807, 2.05) is 11.8 Å². The maximum Gasteiger partial charge on any atom is 0.309 e. The first-order chi connectivity index (χ1) is 16.0. The molecule has 1 aliphatic rings. The monoisotopic (exact) mass is 446 g/mol. The van der Waals surface area contributed by atoms with E-state index in [0.717, 1.165) is 12.1 Å². The Labute approximate surface area is 196 Å². The van der Waals surface area contributed by atoms with Crippen LogP contribution in [0.1, 0.15) is 55.7 Å². The number of fused-ring (bicyclic) bond motifs is 1. The minimum absolute atomic E-state index is 0.0152. The maximum atomic E-state index is 13.4. The van der Waals surface area contributed by atoms with E-state index in [2.05, 4.69) is 73.1 Å². The number of esters is 1. The first-order valence-electron chi connectivity index (χ1n) is 12.1. The summed E-state index contributed by atoms with van der Waals surface area (Å²) in [6, 6.07) is 17.0. The Hall–Kier alpha value is -3.08. The van der Waals surface area contributed by atoms with Gasteiger partial charge in [0.1, 0.15) is 0 Å². The number of para-hydroxylation sites is 1. The molecule has 0 unspecified atom stereocenters. The minimum Gasteiger partial charge on any atom is -0.466 e. The van der Waals surface area contributed by atoms with Gasteiger partial charge in [-0.25, -0.2) is 0 Å². The van der Waals surface area contributed by atoms with Gasteiger partial charge in [0.05, 0.1) is 12.5 Å². The van der Waals surface area contributed by atoms with E-state index in [-0.39, 0.29) is 23.7 Å². The van der Waals surface area contributed by atoms with Crippen LogP contribution >= 0.6 is 0 Å². The first-order valence-corrected chi connectivity index (χ1v) is 12.1. The molecule has 33 heavy (non-hydrogen) atoms. The molecule has 174 valence electrons. The molecule has 0 bridgehead atoms. The number of likely N-dealkylation sites (tertiary alicyclic amines) is 1. The molecule has 0 spiro atoms. The Morgan fingerprint density at radius 3 is 2.39 bits per heavy atom. The quantitative estimate of drug-likeness (QED) is 0.463. The molecule has 1 atom stereocenters. The zero-order chi connectivity index (χ0) is 23.4. The maximum absolute atomic E-state index is 13.4. The molecular formula is C28H34N2O3. The summed E-state index contributed by atoms with van der Waals surface area (Å²) in [5, 5.41) is 1.21. The third-order valence-corrected chi connectivity index (χ3v) is 6.86. The molecule has 5 heteroatoms. The summed E-state index contributed by atoms with van der Waals surface area (Å²) in [7, 11) is 0. The second kappa shape index (κ2) is 10.2. The summed E-state index contributed by atoms with van der Waals surface area (Å²) in [4.78, 5) is 27.4. The lowest BCUT2D eigenvalue weighted by Gasteiger charge is -2.32. The molecular weight excluding hydrogens is 412 g/mol. The summed E-state index contributed by atoms with van der Waals surface area (Å²) in [6.45, 7) is 8.57. The molecule has 1 saturated heterocycles. The fraction of sp³-hybridized carbons (Fsp3) is 0.429. The minimum atomic E-state index is -0.130. The van der Waals surface area contributed by atoms with Crippen LogP contribution in [0.15, 0.2) is 54.7 Å². The molecule has 3 aromatic rings. The van der Waals surface area contributed by atoms with Gasteiger partial charge in [-0.05, 0) is 50.8 Å². The van der Waals surface area contributed by atoms with Crippen LogP contribution < -0.4 is 0 Å². The van der Waals surface area contributed by atoms with Gasteiger partial charge in [-0.1, -0.05) is 48.0 Å². The fourth-order valence-electron chi connectivity index (χ4n) is 4.95. The lowest BCUT2D eigenvalue weighted by atomic mass is 9.87.